The van der Waals surface area contributed by atoms with Crippen LogP contribution in [0.1, 0.15) is 26.2 Å². The topological polar surface area (TPSA) is 12.0 Å². The molecule has 1 aliphatic rings. The third-order valence-corrected chi connectivity index (χ3v) is 2.60. The molecule has 0 radical (unpaired) electrons. The highest BCUT2D eigenvalue weighted by atomic mass is 19.3. The molecule has 0 spiro atoms. The minimum atomic E-state index is -3.85. The molecule has 0 aromatic heterocycles. The largest absolute Gasteiger partial charge is 0.313 e. The number of rotatable bonds is 3. The Balaban J connectivity index is 2.37. The lowest BCUT2D eigenvalue weighted by molar-refractivity contribution is -0.138. The molecule has 1 aliphatic heterocycles. The number of halogens is 4. The first-order chi connectivity index (χ1) is 6.42. The Morgan fingerprint density at radius 3 is 2.43 bits per heavy atom. The fraction of sp³-hybridized carbons (Fsp3) is 1.00. The fourth-order valence-corrected chi connectivity index (χ4v) is 1.65. The van der Waals surface area contributed by atoms with Crippen molar-refractivity contribution in [2.75, 3.05) is 6.54 Å². The van der Waals surface area contributed by atoms with E-state index >= 15 is 0 Å². The summed E-state index contributed by atoms with van der Waals surface area (Å²) >= 11 is 0. The molecule has 14 heavy (non-hydrogen) atoms. The maximum absolute atomic E-state index is 12.6. The highest BCUT2D eigenvalue weighted by Gasteiger charge is 2.42. The van der Waals surface area contributed by atoms with Gasteiger partial charge in [-0.3, -0.25) is 0 Å². The Labute approximate surface area is 80.9 Å². The number of alkyl halides is 4. The summed E-state index contributed by atoms with van der Waals surface area (Å²) in [5, 5.41) is 2.87. The molecule has 5 heteroatoms. The van der Waals surface area contributed by atoms with Crippen molar-refractivity contribution in [3.8, 4) is 0 Å². The molecule has 1 heterocycles. The van der Waals surface area contributed by atoms with E-state index in [-0.39, 0.29) is 0 Å². The summed E-state index contributed by atoms with van der Waals surface area (Å²) in [6, 6.07) is -0.463. The van der Waals surface area contributed by atoms with Crippen LogP contribution in [0.2, 0.25) is 0 Å². The molecule has 84 valence electrons. The van der Waals surface area contributed by atoms with Crippen LogP contribution in [0, 0.1) is 5.92 Å². The van der Waals surface area contributed by atoms with Crippen molar-refractivity contribution >= 4 is 0 Å². The third-order valence-electron chi connectivity index (χ3n) is 2.60. The van der Waals surface area contributed by atoms with Gasteiger partial charge in [0.05, 0.1) is 0 Å². The van der Waals surface area contributed by atoms with Gasteiger partial charge in [0.25, 0.3) is 0 Å². The van der Waals surface area contributed by atoms with Crippen molar-refractivity contribution in [2.45, 2.75) is 44.6 Å². The second-order valence-corrected chi connectivity index (χ2v) is 4.05. The van der Waals surface area contributed by atoms with Crippen LogP contribution in [0.3, 0.4) is 0 Å². The van der Waals surface area contributed by atoms with E-state index in [0.29, 0.717) is 18.9 Å². The van der Waals surface area contributed by atoms with Crippen LogP contribution in [-0.2, 0) is 0 Å². The summed E-state index contributed by atoms with van der Waals surface area (Å²) in [6.45, 7) is 2.65. The Hall–Kier alpha value is -0.320. The average Bonchev–Trinajstić information content (AvgIpc) is 2.08. The van der Waals surface area contributed by atoms with Gasteiger partial charge in [0, 0.05) is 12.5 Å². The Morgan fingerprint density at radius 2 is 2.00 bits per heavy atom. The van der Waals surface area contributed by atoms with Gasteiger partial charge in [-0.2, -0.15) is 0 Å². The van der Waals surface area contributed by atoms with Crippen LogP contribution in [0.25, 0.3) is 0 Å². The molecule has 0 saturated carbocycles. The maximum Gasteiger partial charge on any atom is 0.309 e. The van der Waals surface area contributed by atoms with Crippen molar-refractivity contribution in [1.82, 2.24) is 5.32 Å². The summed E-state index contributed by atoms with van der Waals surface area (Å²) in [6.07, 6.45) is -2.92. The van der Waals surface area contributed by atoms with Crippen molar-refractivity contribution in [1.29, 1.82) is 0 Å². The van der Waals surface area contributed by atoms with E-state index in [1.54, 1.807) is 0 Å². The zero-order valence-electron chi connectivity index (χ0n) is 8.07. The Kier molecular flexibility index (Phi) is 3.75. The monoisotopic (exact) mass is 213 g/mol. The molecular formula is C9H15F4N. The molecule has 2 atom stereocenters. The van der Waals surface area contributed by atoms with Crippen molar-refractivity contribution in [2.24, 2.45) is 5.92 Å². The molecule has 1 N–H and O–H groups in total. The molecule has 1 nitrogen and oxygen atoms in total. The normalized spacial score (nSPS) is 29.6. The summed E-state index contributed by atoms with van der Waals surface area (Å²) in [5.41, 5.74) is 0. The number of nitrogens with one attached hydrogen (secondary N) is 1. The minimum Gasteiger partial charge on any atom is -0.313 e. The number of piperidine rings is 1. The van der Waals surface area contributed by atoms with Crippen LogP contribution in [-0.4, -0.2) is 24.9 Å². The SMILES string of the molecule is CC1CCC(CC(F)(F)C(F)F)NC1. The van der Waals surface area contributed by atoms with E-state index < -0.39 is 24.8 Å². The van der Waals surface area contributed by atoms with Crippen LogP contribution in [0.4, 0.5) is 17.6 Å². The Morgan fingerprint density at radius 1 is 1.36 bits per heavy atom. The van der Waals surface area contributed by atoms with E-state index in [1.807, 2.05) is 6.92 Å². The van der Waals surface area contributed by atoms with Crippen molar-refractivity contribution < 1.29 is 17.6 Å². The van der Waals surface area contributed by atoms with E-state index in [9.17, 15) is 17.6 Å². The zero-order valence-corrected chi connectivity index (χ0v) is 8.07. The summed E-state index contributed by atoms with van der Waals surface area (Å²) < 4.78 is 49.0. The van der Waals surface area contributed by atoms with Crippen LogP contribution >= 0.6 is 0 Å². The minimum absolute atomic E-state index is 0.450. The van der Waals surface area contributed by atoms with Gasteiger partial charge >= 0.3 is 12.3 Å². The van der Waals surface area contributed by atoms with Gasteiger partial charge in [-0.05, 0) is 25.3 Å². The number of hydrogen-bond donors (Lipinski definition) is 1. The van der Waals surface area contributed by atoms with Crippen molar-refractivity contribution in [3.05, 3.63) is 0 Å². The molecule has 1 saturated heterocycles. The van der Waals surface area contributed by atoms with Gasteiger partial charge in [0.2, 0.25) is 0 Å². The molecule has 0 aromatic carbocycles. The molecule has 0 bridgehead atoms. The highest BCUT2D eigenvalue weighted by Crippen LogP contribution is 2.30. The van der Waals surface area contributed by atoms with E-state index in [2.05, 4.69) is 5.32 Å². The van der Waals surface area contributed by atoms with E-state index in [0.717, 1.165) is 6.42 Å². The quantitative estimate of drug-likeness (QED) is 0.711. The van der Waals surface area contributed by atoms with E-state index in [4.69, 9.17) is 0 Å². The first kappa shape index (κ1) is 11.8. The summed E-state index contributed by atoms with van der Waals surface area (Å²) in [4.78, 5) is 0. The molecule has 2 unspecified atom stereocenters. The average molecular weight is 213 g/mol. The molecule has 0 aromatic rings. The molecule has 1 rings (SSSR count). The van der Waals surface area contributed by atoms with Gasteiger partial charge in [-0.25, -0.2) is 17.6 Å². The first-order valence-corrected chi connectivity index (χ1v) is 4.81. The Bertz CT molecular complexity index is 176. The lowest BCUT2D eigenvalue weighted by Crippen LogP contribution is -2.43. The lowest BCUT2D eigenvalue weighted by atomic mass is 9.93. The highest BCUT2D eigenvalue weighted by molar-refractivity contribution is 4.82. The lowest BCUT2D eigenvalue weighted by Gasteiger charge is -2.30. The molecular weight excluding hydrogens is 198 g/mol. The molecule has 0 aliphatic carbocycles. The predicted octanol–water partition coefficient (Wildman–Crippen LogP) is 2.67. The molecule has 1 fully saturated rings. The second kappa shape index (κ2) is 4.47. The summed E-state index contributed by atoms with van der Waals surface area (Å²) in [5.74, 6) is -3.40. The third kappa shape index (κ3) is 3.12. The van der Waals surface area contributed by atoms with Crippen LogP contribution < -0.4 is 5.32 Å². The second-order valence-electron chi connectivity index (χ2n) is 4.05. The number of hydrogen-bond acceptors (Lipinski definition) is 1. The maximum atomic E-state index is 12.6. The summed E-state index contributed by atoms with van der Waals surface area (Å²) in [7, 11) is 0. The van der Waals surface area contributed by atoms with Gasteiger partial charge < -0.3 is 5.32 Å². The smallest absolute Gasteiger partial charge is 0.309 e. The standard InChI is InChI=1S/C9H15F4N/c1-6-2-3-7(14-5-6)4-9(12,13)8(10)11/h6-8,14H,2-5H2,1H3. The van der Waals surface area contributed by atoms with Crippen molar-refractivity contribution in [3.63, 3.8) is 0 Å². The molecule has 0 amide bonds. The first-order valence-electron chi connectivity index (χ1n) is 4.81. The predicted molar refractivity (Wildman–Crippen MR) is 45.8 cm³/mol. The van der Waals surface area contributed by atoms with E-state index in [1.165, 1.54) is 0 Å². The van der Waals surface area contributed by atoms with Crippen LogP contribution in [0.5, 0.6) is 0 Å². The van der Waals surface area contributed by atoms with Gasteiger partial charge in [0.1, 0.15) is 0 Å². The van der Waals surface area contributed by atoms with Crippen LogP contribution in [0.15, 0.2) is 0 Å². The fourth-order valence-electron chi connectivity index (χ4n) is 1.65. The van der Waals surface area contributed by atoms with Gasteiger partial charge in [0.15, 0.2) is 0 Å². The van der Waals surface area contributed by atoms with Gasteiger partial charge in [-0.15, -0.1) is 0 Å². The van der Waals surface area contributed by atoms with Gasteiger partial charge in [-0.1, -0.05) is 6.92 Å². The zero-order chi connectivity index (χ0) is 10.8.